The molecule has 2 rings (SSSR count). The number of rotatable bonds is 4. The standard InChI is InChI=1S/C13H16BrN3S/c1-3-4-11-12(15)13(17(2)16-11)18-10-7-5-9(14)6-8-10/h5-8H,3-4,15H2,1-2H3. The molecule has 1 aromatic heterocycles. The van der Waals surface area contributed by atoms with E-state index in [2.05, 4.69) is 40.1 Å². The van der Waals surface area contributed by atoms with Crippen molar-refractivity contribution >= 4 is 33.4 Å². The van der Waals surface area contributed by atoms with Crippen molar-refractivity contribution in [2.24, 2.45) is 7.05 Å². The van der Waals surface area contributed by atoms with Gasteiger partial charge >= 0.3 is 0 Å². The van der Waals surface area contributed by atoms with Gasteiger partial charge in [-0.3, -0.25) is 4.68 Å². The maximum atomic E-state index is 6.15. The molecular formula is C13H16BrN3S. The molecule has 0 radical (unpaired) electrons. The highest BCUT2D eigenvalue weighted by Crippen LogP contribution is 2.34. The van der Waals surface area contributed by atoms with Crippen molar-refractivity contribution in [3.05, 3.63) is 34.4 Å². The molecule has 2 N–H and O–H groups in total. The Morgan fingerprint density at radius 2 is 2.00 bits per heavy atom. The number of anilines is 1. The number of nitrogens with zero attached hydrogens (tertiary/aromatic N) is 2. The lowest BCUT2D eigenvalue weighted by Gasteiger charge is -2.03. The third-order valence-corrected chi connectivity index (χ3v) is 4.33. The molecule has 0 fully saturated rings. The third kappa shape index (κ3) is 2.90. The van der Waals surface area contributed by atoms with E-state index in [4.69, 9.17) is 5.73 Å². The van der Waals surface area contributed by atoms with Crippen molar-refractivity contribution < 1.29 is 0 Å². The van der Waals surface area contributed by atoms with Crippen molar-refractivity contribution in [1.29, 1.82) is 0 Å². The SMILES string of the molecule is CCCc1nn(C)c(Sc2ccc(Br)cc2)c1N. The zero-order chi connectivity index (χ0) is 13.1. The Balaban J connectivity index is 2.26. The molecule has 0 bridgehead atoms. The molecular weight excluding hydrogens is 310 g/mol. The Morgan fingerprint density at radius 1 is 1.33 bits per heavy atom. The molecule has 3 nitrogen and oxygen atoms in total. The minimum atomic E-state index is 0.812. The largest absolute Gasteiger partial charge is 0.395 e. The molecule has 0 saturated heterocycles. The van der Waals surface area contributed by atoms with Crippen LogP contribution in [0.2, 0.25) is 0 Å². The lowest BCUT2D eigenvalue weighted by molar-refractivity contribution is 0.682. The van der Waals surface area contributed by atoms with Crippen LogP contribution in [-0.4, -0.2) is 9.78 Å². The Labute approximate surface area is 120 Å². The Hall–Kier alpha value is -0.940. The number of hydrogen-bond donors (Lipinski definition) is 1. The van der Waals surface area contributed by atoms with Gasteiger partial charge in [0.2, 0.25) is 0 Å². The highest BCUT2D eigenvalue weighted by Gasteiger charge is 2.13. The maximum Gasteiger partial charge on any atom is 0.122 e. The summed E-state index contributed by atoms with van der Waals surface area (Å²) in [5.74, 6) is 0. The number of benzene rings is 1. The van der Waals surface area contributed by atoms with Crippen LogP contribution in [0, 0.1) is 0 Å². The van der Waals surface area contributed by atoms with Crippen LogP contribution >= 0.6 is 27.7 Å². The summed E-state index contributed by atoms with van der Waals surface area (Å²) in [5, 5.41) is 5.49. The average molecular weight is 326 g/mol. The average Bonchev–Trinajstić information content (AvgIpc) is 2.60. The first-order valence-corrected chi connectivity index (χ1v) is 7.47. The smallest absolute Gasteiger partial charge is 0.122 e. The van der Waals surface area contributed by atoms with Crippen LogP contribution in [-0.2, 0) is 13.5 Å². The van der Waals surface area contributed by atoms with Crippen LogP contribution in [0.4, 0.5) is 5.69 Å². The zero-order valence-corrected chi connectivity index (χ0v) is 12.9. The summed E-state index contributed by atoms with van der Waals surface area (Å²) in [5.41, 5.74) is 7.97. The molecule has 0 atom stereocenters. The first-order valence-electron chi connectivity index (χ1n) is 5.86. The Morgan fingerprint density at radius 3 is 2.61 bits per heavy atom. The van der Waals surface area contributed by atoms with Crippen LogP contribution in [0.25, 0.3) is 0 Å². The minimum absolute atomic E-state index is 0.812. The van der Waals surface area contributed by atoms with Crippen LogP contribution in [0.5, 0.6) is 0 Å². The summed E-state index contributed by atoms with van der Waals surface area (Å²) in [4.78, 5) is 1.16. The molecule has 0 amide bonds. The number of nitrogen functional groups attached to an aromatic ring is 1. The van der Waals surface area contributed by atoms with Crippen molar-refractivity contribution in [2.75, 3.05) is 5.73 Å². The van der Waals surface area contributed by atoms with Crippen molar-refractivity contribution in [1.82, 2.24) is 9.78 Å². The van der Waals surface area contributed by atoms with Crippen LogP contribution in [0.15, 0.2) is 38.7 Å². The van der Waals surface area contributed by atoms with Gasteiger partial charge < -0.3 is 5.73 Å². The molecule has 0 aliphatic carbocycles. The third-order valence-electron chi connectivity index (χ3n) is 2.62. The van der Waals surface area contributed by atoms with E-state index in [0.717, 1.165) is 38.6 Å². The van der Waals surface area contributed by atoms with Crippen LogP contribution < -0.4 is 5.73 Å². The second-order valence-electron chi connectivity index (χ2n) is 4.10. The molecule has 96 valence electrons. The van der Waals surface area contributed by atoms with E-state index in [1.165, 1.54) is 0 Å². The fourth-order valence-corrected chi connectivity index (χ4v) is 2.90. The molecule has 0 aliphatic heterocycles. The summed E-state index contributed by atoms with van der Waals surface area (Å²) in [6.45, 7) is 2.13. The fourth-order valence-electron chi connectivity index (χ4n) is 1.73. The van der Waals surface area contributed by atoms with Gasteiger partial charge in [-0.25, -0.2) is 0 Å². The summed E-state index contributed by atoms with van der Waals surface area (Å²) in [7, 11) is 1.94. The van der Waals surface area contributed by atoms with E-state index in [0.29, 0.717) is 0 Å². The quantitative estimate of drug-likeness (QED) is 0.927. The molecule has 0 aliphatic rings. The van der Waals surface area contributed by atoms with Crippen LogP contribution in [0.1, 0.15) is 19.0 Å². The van der Waals surface area contributed by atoms with Crippen LogP contribution in [0.3, 0.4) is 0 Å². The van der Waals surface area contributed by atoms with Crippen molar-refractivity contribution in [3.63, 3.8) is 0 Å². The predicted octanol–water partition coefficient (Wildman–Crippen LogP) is 3.87. The molecule has 0 spiro atoms. The van der Waals surface area contributed by atoms with E-state index in [1.54, 1.807) is 11.8 Å². The van der Waals surface area contributed by atoms with Gasteiger partial charge in [0.05, 0.1) is 11.4 Å². The van der Waals surface area contributed by atoms with E-state index >= 15 is 0 Å². The minimum Gasteiger partial charge on any atom is -0.395 e. The number of nitrogens with two attached hydrogens (primary N) is 1. The summed E-state index contributed by atoms with van der Waals surface area (Å²) >= 11 is 5.08. The molecule has 1 heterocycles. The van der Waals surface area contributed by atoms with Crippen molar-refractivity contribution in [2.45, 2.75) is 29.7 Å². The Bertz CT molecular complexity index is 534. The lowest BCUT2D eigenvalue weighted by atomic mass is 10.2. The zero-order valence-electron chi connectivity index (χ0n) is 10.5. The number of aryl methyl sites for hydroxylation is 2. The summed E-state index contributed by atoms with van der Waals surface area (Å²) < 4.78 is 2.95. The molecule has 0 unspecified atom stereocenters. The van der Waals surface area contributed by atoms with E-state index < -0.39 is 0 Å². The summed E-state index contributed by atoms with van der Waals surface area (Å²) in [6, 6.07) is 8.20. The van der Waals surface area contributed by atoms with E-state index in [1.807, 2.05) is 23.9 Å². The fraction of sp³-hybridized carbons (Fsp3) is 0.308. The Kier molecular flexibility index (Phi) is 4.35. The maximum absolute atomic E-state index is 6.15. The molecule has 1 aromatic carbocycles. The second-order valence-corrected chi connectivity index (χ2v) is 6.07. The first-order chi connectivity index (χ1) is 8.61. The van der Waals surface area contributed by atoms with Gasteiger partial charge in [0.1, 0.15) is 5.03 Å². The highest BCUT2D eigenvalue weighted by atomic mass is 79.9. The van der Waals surface area contributed by atoms with Gasteiger partial charge in [0, 0.05) is 16.4 Å². The van der Waals surface area contributed by atoms with Gasteiger partial charge in [0.15, 0.2) is 0 Å². The van der Waals surface area contributed by atoms with Gasteiger partial charge in [-0.1, -0.05) is 41.0 Å². The van der Waals surface area contributed by atoms with Gasteiger partial charge in [-0.05, 0) is 30.7 Å². The predicted molar refractivity (Wildman–Crippen MR) is 79.9 cm³/mol. The number of aromatic nitrogens is 2. The number of hydrogen-bond acceptors (Lipinski definition) is 3. The first kappa shape index (κ1) is 13.5. The van der Waals surface area contributed by atoms with Gasteiger partial charge in [-0.2, -0.15) is 5.10 Å². The summed E-state index contributed by atoms with van der Waals surface area (Å²) in [6.07, 6.45) is 1.99. The van der Waals surface area contributed by atoms with E-state index in [9.17, 15) is 0 Å². The molecule has 5 heteroatoms. The van der Waals surface area contributed by atoms with Crippen molar-refractivity contribution in [3.8, 4) is 0 Å². The monoisotopic (exact) mass is 325 g/mol. The molecule has 18 heavy (non-hydrogen) atoms. The molecule has 2 aromatic rings. The van der Waals surface area contributed by atoms with Gasteiger partial charge in [0.25, 0.3) is 0 Å². The normalized spacial score (nSPS) is 10.8. The second kappa shape index (κ2) is 5.80. The number of halogens is 1. The van der Waals surface area contributed by atoms with E-state index in [-0.39, 0.29) is 0 Å². The van der Waals surface area contributed by atoms with Gasteiger partial charge in [-0.15, -0.1) is 0 Å². The topological polar surface area (TPSA) is 43.8 Å². The highest BCUT2D eigenvalue weighted by molar-refractivity contribution is 9.10. The lowest BCUT2D eigenvalue weighted by Crippen LogP contribution is -1.93. The molecule has 0 saturated carbocycles.